The Kier molecular flexibility index (Phi) is 3.62. The van der Waals surface area contributed by atoms with E-state index in [0.29, 0.717) is 30.2 Å². The Bertz CT molecular complexity index is 961. The number of fused-ring (bicyclic) bond motifs is 3. The number of piperidine rings is 1. The maximum Gasteiger partial charge on any atom is 0.262 e. The minimum absolute atomic E-state index is 0.0701. The third kappa shape index (κ3) is 2.32. The van der Waals surface area contributed by atoms with Crippen molar-refractivity contribution in [1.29, 1.82) is 0 Å². The van der Waals surface area contributed by atoms with Crippen LogP contribution in [0.3, 0.4) is 0 Å². The molecule has 2 aromatic heterocycles. The maximum absolute atomic E-state index is 12.5. The molecule has 0 bridgehead atoms. The first kappa shape index (κ1) is 15.3. The van der Waals surface area contributed by atoms with Crippen LogP contribution in [0.25, 0.3) is 16.7 Å². The second-order valence-electron chi connectivity index (χ2n) is 6.70. The van der Waals surface area contributed by atoms with Crippen molar-refractivity contribution in [2.24, 2.45) is 13.0 Å². The van der Waals surface area contributed by atoms with E-state index < -0.39 is 0 Å². The predicted octanol–water partition coefficient (Wildman–Crippen LogP) is 0.784. The Hall–Kier alpha value is -2.25. The minimum atomic E-state index is -0.306. The summed E-state index contributed by atoms with van der Waals surface area (Å²) >= 11 is 0. The second kappa shape index (κ2) is 5.68. The molecule has 1 aliphatic rings. The van der Waals surface area contributed by atoms with E-state index in [4.69, 9.17) is 0 Å². The minimum Gasteiger partial charge on any atom is -0.392 e. The van der Waals surface area contributed by atoms with E-state index in [1.54, 1.807) is 7.05 Å². The third-order valence-corrected chi connectivity index (χ3v) is 5.06. The highest BCUT2D eigenvalue weighted by atomic mass is 16.3. The zero-order valence-corrected chi connectivity index (χ0v) is 13.9. The number of aromatic nitrogens is 4. The van der Waals surface area contributed by atoms with E-state index in [0.717, 1.165) is 24.3 Å². The van der Waals surface area contributed by atoms with Crippen molar-refractivity contribution in [3.8, 4) is 0 Å². The van der Waals surface area contributed by atoms with Crippen molar-refractivity contribution in [1.82, 2.24) is 24.1 Å². The molecule has 1 fully saturated rings. The van der Waals surface area contributed by atoms with E-state index >= 15 is 0 Å². The van der Waals surface area contributed by atoms with E-state index in [1.807, 2.05) is 28.7 Å². The van der Waals surface area contributed by atoms with Crippen molar-refractivity contribution >= 4 is 16.7 Å². The molecule has 3 aromatic rings. The zero-order valence-electron chi connectivity index (χ0n) is 13.9. The fourth-order valence-corrected chi connectivity index (χ4v) is 3.45. The lowest BCUT2D eigenvalue weighted by molar-refractivity contribution is 0.0248. The summed E-state index contributed by atoms with van der Waals surface area (Å²) < 4.78 is 3.48. The fourth-order valence-electron chi connectivity index (χ4n) is 3.45. The predicted molar refractivity (Wildman–Crippen MR) is 90.8 cm³/mol. The molecule has 7 heteroatoms. The molecule has 0 spiro atoms. The molecule has 1 saturated heterocycles. The molecule has 3 heterocycles. The Labute approximate surface area is 139 Å². The largest absolute Gasteiger partial charge is 0.392 e. The smallest absolute Gasteiger partial charge is 0.262 e. The summed E-state index contributed by atoms with van der Waals surface area (Å²) in [5.74, 6) is 1.66. The highest BCUT2D eigenvalue weighted by molar-refractivity contribution is 5.80. The van der Waals surface area contributed by atoms with Crippen LogP contribution in [0.15, 0.2) is 29.1 Å². The molecule has 0 radical (unpaired) electrons. The third-order valence-electron chi connectivity index (χ3n) is 5.06. The number of rotatable bonds is 2. The number of para-hydroxylation sites is 1. The van der Waals surface area contributed by atoms with Crippen LogP contribution < -0.4 is 5.56 Å². The quantitative estimate of drug-likeness (QED) is 0.753. The van der Waals surface area contributed by atoms with Gasteiger partial charge in [-0.1, -0.05) is 19.1 Å². The number of likely N-dealkylation sites (tertiary alicyclic amines) is 1. The van der Waals surface area contributed by atoms with E-state index in [1.165, 1.54) is 4.57 Å². The molecule has 0 amide bonds. The average Bonchev–Trinajstić information content (AvgIpc) is 3.00. The molecule has 2 unspecified atom stereocenters. The van der Waals surface area contributed by atoms with Crippen molar-refractivity contribution in [3.63, 3.8) is 0 Å². The second-order valence-corrected chi connectivity index (χ2v) is 6.70. The summed E-state index contributed by atoms with van der Waals surface area (Å²) in [4.78, 5) is 14.7. The summed E-state index contributed by atoms with van der Waals surface area (Å²) in [7, 11) is 1.72. The van der Waals surface area contributed by atoms with Crippen LogP contribution in [-0.4, -0.2) is 48.4 Å². The van der Waals surface area contributed by atoms with Gasteiger partial charge in [0, 0.05) is 13.6 Å². The van der Waals surface area contributed by atoms with Gasteiger partial charge in [-0.15, -0.1) is 10.2 Å². The van der Waals surface area contributed by atoms with Crippen molar-refractivity contribution in [2.75, 3.05) is 13.1 Å². The molecule has 1 aliphatic heterocycles. The van der Waals surface area contributed by atoms with Gasteiger partial charge in [0.1, 0.15) is 0 Å². The number of hydrogen-bond donors (Lipinski definition) is 1. The molecular formula is C17H21N5O2. The molecule has 4 rings (SSSR count). The number of nitrogens with zero attached hydrogens (tertiary/aromatic N) is 5. The summed E-state index contributed by atoms with van der Waals surface area (Å²) in [6.45, 7) is 4.25. The van der Waals surface area contributed by atoms with Gasteiger partial charge in [-0.05, 0) is 31.0 Å². The molecule has 1 N–H and O–H groups in total. The lowest BCUT2D eigenvalue weighted by atomic mass is 9.96. The number of aryl methyl sites for hydroxylation is 1. The molecular weight excluding hydrogens is 306 g/mol. The normalized spacial score (nSPS) is 22.5. The number of aliphatic hydroxyl groups excluding tert-OH is 1. The van der Waals surface area contributed by atoms with Crippen LogP contribution in [0.4, 0.5) is 0 Å². The first-order chi connectivity index (χ1) is 11.6. The first-order valence-electron chi connectivity index (χ1n) is 8.28. The summed E-state index contributed by atoms with van der Waals surface area (Å²) in [6.07, 6.45) is 0.663. The van der Waals surface area contributed by atoms with Gasteiger partial charge >= 0.3 is 0 Å². The van der Waals surface area contributed by atoms with Crippen LogP contribution in [0.2, 0.25) is 0 Å². The van der Waals surface area contributed by atoms with E-state index in [9.17, 15) is 9.90 Å². The molecule has 2 atom stereocenters. The van der Waals surface area contributed by atoms with Gasteiger partial charge in [0.2, 0.25) is 5.78 Å². The van der Waals surface area contributed by atoms with Gasteiger partial charge in [-0.25, -0.2) is 0 Å². The maximum atomic E-state index is 12.5. The molecule has 126 valence electrons. The Morgan fingerprint density at radius 3 is 2.88 bits per heavy atom. The summed E-state index contributed by atoms with van der Waals surface area (Å²) in [5.41, 5.74) is 0.751. The monoisotopic (exact) mass is 327 g/mol. The van der Waals surface area contributed by atoms with Crippen molar-refractivity contribution in [3.05, 3.63) is 40.4 Å². The van der Waals surface area contributed by atoms with Crippen molar-refractivity contribution < 1.29 is 5.11 Å². The molecule has 24 heavy (non-hydrogen) atoms. The lowest BCUT2D eigenvalue weighted by Crippen LogP contribution is -2.42. The fraction of sp³-hybridized carbons (Fsp3) is 0.471. The van der Waals surface area contributed by atoms with Crippen LogP contribution in [0, 0.1) is 5.92 Å². The van der Waals surface area contributed by atoms with Crippen LogP contribution >= 0.6 is 0 Å². The zero-order chi connectivity index (χ0) is 16.8. The average molecular weight is 327 g/mol. The molecule has 0 aliphatic carbocycles. The van der Waals surface area contributed by atoms with E-state index in [-0.39, 0.29) is 11.7 Å². The summed E-state index contributed by atoms with van der Waals surface area (Å²) in [6, 6.07) is 7.52. The van der Waals surface area contributed by atoms with Gasteiger partial charge in [-0.3, -0.25) is 18.7 Å². The van der Waals surface area contributed by atoms with Crippen molar-refractivity contribution in [2.45, 2.75) is 26.0 Å². The number of aliphatic hydroxyl groups is 1. The van der Waals surface area contributed by atoms with Gasteiger partial charge in [-0.2, -0.15) is 0 Å². The Balaban J connectivity index is 1.81. The van der Waals surface area contributed by atoms with Crippen LogP contribution in [0.5, 0.6) is 0 Å². The first-order valence-corrected chi connectivity index (χ1v) is 8.28. The Morgan fingerprint density at radius 1 is 1.29 bits per heavy atom. The van der Waals surface area contributed by atoms with Gasteiger partial charge in [0.25, 0.3) is 5.56 Å². The molecule has 0 saturated carbocycles. The number of β-amino-alcohol motifs (C(OH)–C–C–N with tert-alkyl or cyclic N) is 1. The topological polar surface area (TPSA) is 75.7 Å². The lowest BCUT2D eigenvalue weighted by Gasteiger charge is -2.33. The van der Waals surface area contributed by atoms with Gasteiger partial charge in [0.15, 0.2) is 5.82 Å². The van der Waals surface area contributed by atoms with Crippen LogP contribution in [0.1, 0.15) is 19.2 Å². The molecule has 7 nitrogen and oxygen atoms in total. The van der Waals surface area contributed by atoms with E-state index in [2.05, 4.69) is 22.0 Å². The number of hydrogen-bond acceptors (Lipinski definition) is 5. The van der Waals surface area contributed by atoms with Crippen LogP contribution in [-0.2, 0) is 13.6 Å². The summed E-state index contributed by atoms with van der Waals surface area (Å²) in [5, 5.41) is 19.3. The van der Waals surface area contributed by atoms with Gasteiger partial charge in [0.05, 0.1) is 23.6 Å². The molecule has 1 aromatic carbocycles. The highest BCUT2D eigenvalue weighted by Crippen LogP contribution is 2.20. The van der Waals surface area contributed by atoms with Gasteiger partial charge < -0.3 is 5.11 Å². The SMILES string of the molecule is CC1CCN(Cc2nnc3n(C)c(=O)c4ccccc4n23)CC1O. The highest BCUT2D eigenvalue weighted by Gasteiger charge is 2.25. The number of benzene rings is 1. The standard InChI is InChI=1S/C17H21N5O2/c1-11-7-8-21(9-14(11)23)10-15-18-19-17-20(2)16(24)12-5-3-4-6-13(12)22(15)17/h3-6,11,14,23H,7-10H2,1-2H3. The Morgan fingerprint density at radius 2 is 2.08 bits per heavy atom.